The number of nitrogens with zero attached hydrogens (tertiary/aromatic N) is 1. The van der Waals surface area contributed by atoms with Gasteiger partial charge in [0.1, 0.15) is 5.52 Å². The predicted molar refractivity (Wildman–Crippen MR) is 93.3 cm³/mol. The van der Waals surface area contributed by atoms with Gasteiger partial charge in [0.25, 0.3) is 0 Å². The molecule has 0 bridgehead atoms. The molecule has 0 amide bonds. The zero-order valence-electron chi connectivity index (χ0n) is 12.3. The molecule has 0 saturated carbocycles. The number of aryl methyl sites for hydroxylation is 1. The molecule has 3 aromatic rings. The quantitative estimate of drug-likeness (QED) is 0.598. The molecule has 0 N–H and O–H groups in total. The molecule has 2 aromatic carbocycles. The van der Waals surface area contributed by atoms with Crippen molar-refractivity contribution in [2.75, 3.05) is 13.3 Å². The summed E-state index contributed by atoms with van der Waals surface area (Å²) < 4.78 is 23.7. The van der Waals surface area contributed by atoms with Crippen molar-refractivity contribution in [2.24, 2.45) is 0 Å². The first-order valence-electron chi connectivity index (χ1n) is 6.94. The minimum atomic E-state index is -2.98. The number of halogens is 2. The van der Waals surface area contributed by atoms with Crippen molar-refractivity contribution in [2.45, 2.75) is 6.42 Å². The average Bonchev–Trinajstić information content (AvgIpc) is 3.03. The Kier molecular flexibility index (Phi) is 4.79. The SMILES string of the molecule is COP(=O)(CCc1ccc(Cl)c(Cl)c1)c1ccc2ocnc2c1. The van der Waals surface area contributed by atoms with Gasteiger partial charge in [-0.2, -0.15) is 0 Å². The van der Waals surface area contributed by atoms with E-state index in [-0.39, 0.29) is 0 Å². The molecule has 0 aliphatic rings. The molecule has 4 nitrogen and oxygen atoms in total. The van der Waals surface area contributed by atoms with Crippen LogP contribution in [0.1, 0.15) is 5.56 Å². The average molecular weight is 370 g/mol. The molecule has 0 aliphatic carbocycles. The summed E-state index contributed by atoms with van der Waals surface area (Å²) in [5.41, 5.74) is 2.27. The third kappa shape index (κ3) is 3.46. The van der Waals surface area contributed by atoms with Crippen molar-refractivity contribution in [1.82, 2.24) is 4.98 Å². The largest absolute Gasteiger partial charge is 0.443 e. The van der Waals surface area contributed by atoms with Crippen LogP contribution in [-0.2, 0) is 15.5 Å². The molecule has 23 heavy (non-hydrogen) atoms. The van der Waals surface area contributed by atoms with Gasteiger partial charge >= 0.3 is 0 Å². The molecule has 120 valence electrons. The van der Waals surface area contributed by atoms with E-state index in [1.807, 2.05) is 6.07 Å². The fraction of sp³-hybridized carbons (Fsp3) is 0.188. The Morgan fingerprint density at radius 1 is 1.17 bits per heavy atom. The van der Waals surface area contributed by atoms with Crippen molar-refractivity contribution in [3.8, 4) is 0 Å². The molecule has 0 spiro atoms. The second-order valence-electron chi connectivity index (χ2n) is 5.08. The third-order valence-electron chi connectivity index (χ3n) is 3.68. The van der Waals surface area contributed by atoms with Crippen molar-refractivity contribution >= 4 is 47.0 Å². The zero-order valence-corrected chi connectivity index (χ0v) is 14.7. The second kappa shape index (κ2) is 6.66. The van der Waals surface area contributed by atoms with Crippen molar-refractivity contribution in [3.63, 3.8) is 0 Å². The first kappa shape index (κ1) is 16.5. The van der Waals surface area contributed by atoms with Crippen LogP contribution in [0.25, 0.3) is 11.1 Å². The van der Waals surface area contributed by atoms with Crippen LogP contribution in [0.3, 0.4) is 0 Å². The van der Waals surface area contributed by atoms with Crippen LogP contribution in [0.5, 0.6) is 0 Å². The van der Waals surface area contributed by atoms with Crippen LogP contribution in [0.2, 0.25) is 10.0 Å². The Balaban J connectivity index is 1.84. The Bertz CT molecular complexity index is 894. The first-order valence-corrected chi connectivity index (χ1v) is 9.51. The monoisotopic (exact) mass is 369 g/mol. The summed E-state index contributed by atoms with van der Waals surface area (Å²) in [6.07, 6.45) is 2.30. The predicted octanol–water partition coefficient (Wildman–Crippen LogP) is 4.93. The van der Waals surface area contributed by atoms with Crippen LogP contribution in [-0.4, -0.2) is 18.3 Å². The molecular weight excluding hydrogens is 356 g/mol. The van der Waals surface area contributed by atoms with Gasteiger partial charge in [-0.3, -0.25) is 4.57 Å². The Labute approximate surface area is 143 Å². The smallest absolute Gasteiger partial charge is 0.232 e. The fourth-order valence-electron chi connectivity index (χ4n) is 2.36. The summed E-state index contributed by atoms with van der Waals surface area (Å²) in [7, 11) is -1.52. The van der Waals surface area contributed by atoms with Crippen molar-refractivity contribution in [3.05, 3.63) is 58.4 Å². The van der Waals surface area contributed by atoms with E-state index in [0.717, 1.165) is 5.56 Å². The molecule has 1 aromatic heterocycles. The molecule has 3 rings (SSSR count). The van der Waals surface area contributed by atoms with E-state index >= 15 is 0 Å². The topological polar surface area (TPSA) is 52.3 Å². The van der Waals surface area contributed by atoms with Gasteiger partial charge in [0.05, 0.1) is 10.0 Å². The molecule has 7 heteroatoms. The van der Waals surface area contributed by atoms with E-state index in [1.54, 1.807) is 30.3 Å². The molecule has 1 unspecified atom stereocenters. The number of fused-ring (bicyclic) bond motifs is 1. The normalized spacial score (nSPS) is 14.0. The summed E-state index contributed by atoms with van der Waals surface area (Å²) in [6, 6.07) is 10.6. The van der Waals surface area contributed by atoms with Gasteiger partial charge in [-0.1, -0.05) is 29.3 Å². The van der Waals surface area contributed by atoms with Crippen LogP contribution in [0, 0.1) is 0 Å². The molecule has 0 aliphatic heterocycles. The van der Waals surface area contributed by atoms with E-state index in [4.69, 9.17) is 32.1 Å². The standard InChI is InChI=1S/C16H14Cl2NO3P/c1-21-23(20,7-6-11-2-4-13(17)14(18)8-11)12-3-5-16-15(9-12)19-10-22-16/h2-5,8-10H,6-7H2,1H3. The van der Waals surface area contributed by atoms with Crippen LogP contribution in [0.15, 0.2) is 47.2 Å². The Morgan fingerprint density at radius 2 is 2.00 bits per heavy atom. The maximum absolute atomic E-state index is 13.1. The van der Waals surface area contributed by atoms with Crippen molar-refractivity contribution < 1.29 is 13.5 Å². The number of hydrogen-bond acceptors (Lipinski definition) is 4. The van der Waals surface area contributed by atoms with Gasteiger partial charge in [-0.25, -0.2) is 4.98 Å². The molecule has 0 fully saturated rings. The summed E-state index contributed by atoms with van der Waals surface area (Å²) in [5.74, 6) is 0. The highest BCUT2D eigenvalue weighted by molar-refractivity contribution is 7.67. The lowest BCUT2D eigenvalue weighted by atomic mass is 10.2. The number of benzene rings is 2. The van der Waals surface area contributed by atoms with Gasteiger partial charge in [0.2, 0.25) is 7.37 Å². The van der Waals surface area contributed by atoms with E-state index in [2.05, 4.69) is 4.98 Å². The lowest BCUT2D eigenvalue weighted by Crippen LogP contribution is -2.10. The van der Waals surface area contributed by atoms with E-state index in [0.29, 0.717) is 39.0 Å². The highest BCUT2D eigenvalue weighted by atomic mass is 35.5. The van der Waals surface area contributed by atoms with Crippen LogP contribution < -0.4 is 5.30 Å². The summed E-state index contributed by atoms with van der Waals surface area (Å²) >= 11 is 11.9. The van der Waals surface area contributed by atoms with E-state index < -0.39 is 7.37 Å². The molecule has 1 atom stereocenters. The fourth-order valence-corrected chi connectivity index (χ4v) is 4.50. The maximum atomic E-state index is 13.1. The molecule has 0 saturated heterocycles. The zero-order chi connectivity index (χ0) is 16.4. The van der Waals surface area contributed by atoms with E-state index in [1.165, 1.54) is 13.5 Å². The minimum absolute atomic E-state index is 0.366. The maximum Gasteiger partial charge on any atom is 0.232 e. The lowest BCUT2D eigenvalue weighted by Gasteiger charge is -2.16. The summed E-state index contributed by atoms with van der Waals surface area (Å²) in [5, 5.41) is 1.61. The van der Waals surface area contributed by atoms with Crippen LogP contribution in [0.4, 0.5) is 0 Å². The Hall–Kier alpha value is -1.32. The van der Waals surface area contributed by atoms with Gasteiger partial charge in [-0.15, -0.1) is 0 Å². The van der Waals surface area contributed by atoms with Gasteiger partial charge in [0, 0.05) is 18.6 Å². The number of rotatable bonds is 5. The van der Waals surface area contributed by atoms with Crippen molar-refractivity contribution in [1.29, 1.82) is 0 Å². The first-order chi connectivity index (χ1) is 11.0. The number of hydrogen-bond donors (Lipinski definition) is 0. The molecule has 0 radical (unpaired) electrons. The number of oxazole rings is 1. The van der Waals surface area contributed by atoms with Gasteiger partial charge in [0.15, 0.2) is 12.0 Å². The highest BCUT2D eigenvalue weighted by Gasteiger charge is 2.25. The number of aromatic nitrogens is 1. The summed E-state index contributed by atoms with van der Waals surface area (Å²) in [4.78, 5) is 4.09. The Morgan fingerprint density at radius 3 is 2.74 bits per heavy atom. The van der Waals surface area contributed by atoms with E-state index in [9.17, 15) is 4.57 Å². The van der Waals surface area contributed by atoms with Gasteiger partial charge < -0.3 is 8.94 Å². The molecular formula is C16H14Cl2NO3P. The minimum Gasteiger partial charge on any atom is -0.443 e. The lowest BCUT2D eigenvalue weighted by molar-refractivity contribution is 0.403. The van der Waals surface area contributed by atoms with Gasteiger partial charge in [-0.05, 0) is 42.3 Å². The second-order valence-corrected chi connectivity index (χ2v) is 8.57. The highest BCUT2D eigenvalue weighted by Crippen LogP contribution is 2.45. The third-order valence-corrected chi connectivity index (χ3v) is 6.89. The molecule has 1 heterocycles. The van der Waals surface area contributed by atoms with Crippen LogP contribution >= 0.6 is 30.6 Å². The summed E-state index contributed by atoms with van der Waals surface area (Å²) in [6.45, 7) is 0.